The number of anilines is 1. The van der Waals surface area contributed by atoms with E-state index in [1.54, 1.807) is 6.07 Å². The predicted octanol–water partition coefficient (Wildman–Crippen LogP) is 2.89. The summed E-state index contributed by atoms with van der Waals surface area (Å²) in [5, 5.41) is 14.0. The molecule has 0 aliphatic rings. The Morgan fingerprint density at radius 2 is 1.88 bits per heavy atom. The van der Waals surface area contributed by atoms with Crippen molar-refractivity contribution in [3.63, 3.8) is 0 Å². The molecule has 7 heteroatoms. The van der Waals surface area contributed by atoms with Gasteiger partial charge in [-0.1, -0.05) is 32.9 Å². The van der Waals surface area contributed by atoms with Crippen molar-refractivity contribution in [2.24, 2.45) is 5.41 Å². The summed E-state index contributed by atoms with van der Waals surface area (Å²) in [6, 6.07) is 7.39. The van der Waals surface area contributed by atoms with Crippen LogP contribution in [0.5, 0.6) is 0 Å². The number of nitrogens with one attached hydrogen (secondary N) is 2. The van der Waals surface area contributed by atoms with E-state index in [1.807, 2.05) is 39.0 Å². The minimum atomic E-state index is -0.804. The van der Waals surface area contributed by atoms with Gasteiger partial charge in [0.25, 0.3) is 0 Å². The number of carbonyl (C=O) groups is 3. The van der Waals surface area contributed by atoms with Crippen LogP contribution in [-0.4, -0.2) is 35.2 Å². The number of hydrogen-bond donors (Lipinski definition) is 3. The summed E-state index contributed by atoms with van der Waals surface area (Å²) in [7, 11) is 0. The predicted molar refractivity (Wildman–Crippen MR) is 101 cm³/mol. The molecule has 0 heterocycles. The highest BCUT2D eigenvalue weighted by Gasteiger charge is 2.16. The molecule has 0 bridgehead atoms. The first-order valence-electron chi connectivity index (χ1n) is 8.11. The minimum absolute atomic E-state index is 0.0630. The van der Waals surface area contributed by atoms with Gasteiger partial charge < -0.3 is 15.7 Å². The number of aliphatic carboxylic acids is 1. The van der Waals surface area contributed by atoms with E-state index in [0.717, 1.165) is 5.56 Å². The molecule has 2 amide bonds. The highest BCUT2D eigenvalue weighted by molar-refractivity contribution is 7.98. The molecule has 3 N–H and O–H groups in total. The van der Waals surface area contributed by atoms with Crippen molar-refractivity contribution < 1.29 is 19.5 Å². The van der Waals surface area contributed by atoms with Gasteiger partial charge >= 0.3 is 5.97 Å². The number of amides is 2. The van der Waals surface area contributed by atoms with E-state index in [-0.39, 0.29) is 30.2 Å². The molecule has 0 atom stereocenters. The van der Waals surface area contributed by atoms with Crippen LogP contribution in [0.4, 0.5) is 5.69 Å². The Balaban J connectivity index is 2.40. The summed E-state index contributed by atoms with van der Waals surface area (Å²) in [5.74, 6) is -0.00316. The molecule has 138 valence electrons. The Labute approximate surface area is 152 Å². The molecule has 25 heavy (non-hydrogen) atoms. The van der Waals surface area contributed by atoms with Gasteiger partial charge in [0.15, 0.2) is 0 Å². The van der Waals surface area contributed by atoms with Gasteiger partial charge in [-0.05, 0) is 23.1 Å². The summed E-state index contributed by atoms with van der Waals surface area (Å²) >= 11 is 1.53. The van der Waals surface area contributed by atoms with E-state index in [1.165, 1.54) is 11.8 Å². The molecule has 1 aromatic rings. The lowest BCUT2D eigenvalue weighted by Gasteiger charge is -2.17. The number of carboxylic acids is 1. The lowest BCUT2D eigenvalue weighted by atomic mass is 9.92. The molecule has 6 nitrogen and oxygen atoms in total. The molecule has 0 saturated carbocycles. The van der Waals surface area contributed by atoms with Gasteiger partial charge in [-0.2, -0.15) is 11.8 Å². The van der Waals surface area contributed by atoms with Crippen LogP contribution >= 0.6 is 11.8 Å². The first-order valence-corrected chi connectivity index (χ1v) is 9.26. The third-order valence-electron chi connectivity index (χ3n) is 3.08. The standard InChI is InChI=1S/C18H26N2O4S/c1-18(2,3)10-15(21)19-11-16(22)20-14-6-4-5-13(9-14)12-25-8-7-17(23)24/h4-6,9H,7-8,10-12H2,1-3H3,(H,19,21)(H,20,22)(H,23,24). The van der Waals surface area contributed by atoms with Gasteiger partial charge in [0, 0.05) is 23.6 Å². The summed E-state index contributed by atoms with van der Waals surface area (Å²) in [6.07, 6.45) is 0.499. The Morgan fingerprint density at radius 1 is 1.16 bits per heavy atom. The van der Waals surface area contributed by atoms with E-state index in [2.05, 4.69) is 10.6 Å². The number of hydrogen-bond acceptors (Lipinski definition) is 4. The fourth-order valence-corrected chi connectivity index (χ4v) is 2.90. The SMILES string of the molecule is CC(C)(C)CC(=O)NCC(=O)Nc1cccc(CSCCC(=O)O)c1. The Morgan fingerprint density at radius 3 is 2.52 bits per heavy atom. The Hall–Kier alpha value is -2.02. The van der Waals surface area contributed by atoms with E-state index < -0.39 is 5.97 Å². The van der Waals surface area contributed by atoms with E-state index >= 15 is 0 Å². The summed E-state index contributed by atoms with van der Waals surface area (Å²) in [4.78, 5) is 34.1. The maximum absolute atomic E-state index is 11.9. The molecule has 0 unspecified atom stereocenters. The second-order valence-corrected chi connectivity index (χ2v) is 8.06. The first kappa shape index (κ1) is 21.0. The van der Waals surface area contributed by atoms with Crippen LogP contribution in [0.2, 0.25) is 0 Å². The van der Waals surface area contributed by atoms with Gasteiger partial charge in [0.05, 0.1) is 13.0 Å². The topological polar surface area (TPSA) is 95.5 Å². The van der Waals surface area contributed by atoms with Gasteiger partial charge in [-0.25, -0.2) is 0 Å². The average Bonchev–Trinajstić information content (AvgIpc) is 2.48. The maximum atomic E-state index is 11.9. The average molecular weight is 366 g/mol. The number of benzene rings is 1. The van der Waals surface area contributed by atoms with Gasteiger partial charge in [-0.15, -0.1) is 0 Å². The highest BCUT2D eigenvalue weighted by Crippen LogP contribution is 2.18. The van der Waals surface area contributed by atoms with Gasteiger partial charge in [-0.3, -0.25) is 14.4 Å². The molecule has 0 saturated heterocycles. The van der Waals surface area contributed by atoms with Crippen LogP contribution in [0.3, 0.4) is 0 Å². The zero-order chi connectivity index (χ0) is 18.9. The number of carboxylic acid groups (broad SMARTS) is 1. The smallest absolute Gasteiger partial charge is 0.304 e. The number of carbonyl (C=O) groups excluding carboxylic acids is 2. The highest BCUT2D eigenvalue weighted by atomic mass is 32.2. The van der Waals surface area contributed by atoms with Crippen LogP contribution < -0.4 is 10.6 Å². The van der Waals surface area contributed by atoms with Crippen LogP contribution in [-0.2, 0) is 20.1 Å². The van der Waals surface area contributed by atoms with Crippen LogP contribution in [0.25, 0.3) is 0 Å². The van der Waals surface area contributed by atoms with Crippen molar-refractivity contribution in [1.82, 2.24) is 5.32 Å². The van der Waals surface area contributed by atoms with E-state index in [0.29, 0.717) is 23.6 Å². The third-order valence-corrected chi connectivity index (χ3v) is 4.11. The molecule has 1 aromatic carbocycles. The molecule has 0 aliphatic heterocycles. The molecule has 0 radical (unpaired) electrons. The number of rotatable bonds is 9. The van der Waals surface area contributed by atoms with Crippen LogP contribution in [0, 0.1) is 5.41 Å². The van der Waals surface area contributed by atoms with Crippen molar-refractivity contribution in [3.05, 3.63) is 29.8 Å². The van der Waals surface area contributed by atoms with Crippen molar-refractivity contribution in [2.75, 3.05) is 17.6 Å². The van der Waals surface area contributed by atoms with Crippen molar-refractivity contribution in [1.29, 1.82) is 0 Å². The zero-order valence-corrected chi connectivity index (χ0v) is 15.7. The van der Waals surface area contributed by atoms with Crippen molar-refractivity contribution >= 4 is 35.2 Å². The molecular formula is C18H26N2O4S. The fourth-order valence-electron chi connectivity index (χ4n) is 2.02. The largest absolute Gasteiger partial charge is 0.481 e. The second kappa shape index (κ2) is 10.1. The Bertz CT molecular complexity index is 611. The molecule has 0 aromatic heterocycles. The Kier molecular flexibility index (Phi) is 8.48. The van der Waals surface area contributed by atoms with Gasteiger partial charge in [0.2, 0.25) is 11.8 Å². The van der Waals surface area contributed by atoms with Crippen LogP contribution in [0.15, 0.2) is 24.3 Å². The molecular weight excluding hydrogens is 340 g/mol. The van der Waals surface area contributed by atoms with Crippen molar-refractivity contribution in [3.8, 4) is 0 Å². The summed E-state index contributed by atoms with van der Waals surface area (Å²) < 4.78 is 0. The summed E-state index contributed by atoms with van der Waals surface area (Å²) in [6.45, 7) is 5.83. The maximum Gasteiger partial charge on any atom is 0.304 e. The normalized spacial score (nSPS) is 11.0. The molecule has 0 fully saturated rings. The van der Waals surface area contributed by atoms with E-state index in [4.69, 9.17) is 5.11 Å². The zero-order valence-electron chi connectivity index (χ0n) is 14.9. The quantitative estimate of drug-likeness (QED) is 0.584. The lowest BCUT2D eigenvalue weighted by Crippen LogP contribution is -2.34. The molecule has 0 aliphatic carbocycles. The van der Waals surface area contributed by atoms with E-state index in [9.17, 15) is 14.4 Å². The van der Waals surface area contributed by atoms with Crippen molar-refractivity contribution in [2.45, 2.75) is 39.4 Å². The second-order valence-electron chi connectivity index (χ2n) is 6.96. The first-order chi connectivity index (χ1) is 11.7. The van der Waals surface area contributed by atoms with Gasteiger partial charge in [0.1, 0.15) is 0 Å². The number of thioether (sulfide) groups is 1. The minimum Gasteiger partial charge on any atom is -0.481 e. The summed E-state index contributed by atoms with van der Waals surface area (Å²) in [5.41, 5.74) is 1.55. The molecule has 1 rings (SSSR count). The monoisotopic (exact) mass is 366 g/mol. The lowest BCUT2D eigenvalue weighted by molar-refractivity contribution is -0.136. The third kappa shape index (κ3) is 10.4. The molecule has 0 spiro atoms. The fraction of sp³-hybridized carbons (Fsp3) is 0.500. The van der Waals surface area contributed by atoms with Crippen LogP contribution in [0.1, 0.15) is 39.2 Å².